The summed E-state index contributed by atoms with van der Waals surface area (Å²) in [5.74, 6) is 0. The van der Waals surface area contributed by atoms with Crippen LogP contribution in [-0.2, 0) is 9.47 Å². The maximum Gasteiger partial charge on any atom is 0.0855 e. The average Bonchev–Trinajstić information content (AvgIpc) is 2.02. The summed E-state index contributed by atoms with van der Waals surface area (Å²) < 4.78 is 10.8. The highest BCUT2D eigenvalue weighted by atomic mass is 16.5. The molecule has 76 valence electrons. The van der Waals surface area contributed by atoms with Crippen LogP contribution in [0.2, 0.25) is 0 Å². The van der Waals surface area contributed by atoms with Crippen molar-refractivity contribution in [1.29, 1.82) is 5.26 Å². The van der Waals surface area contributed by atoms with Crippen molar-refractivity contribution in [3.63, 3.8) is 0 Å². The van der Waals surface area contributed by atoms with Crippen LogP contribution in [0.4, 0.5) is 0 Å². The van der Waals surface area contributed by atoms with Gasteiger partial charge < -0.3 is 9.47 Å². The first-order chi connectivity index (χ1) is 5.83. The zero-order valence-corrected chi connectivity index (χ0v) is 9.18. The Morgan fingerprint density at radius 3 is 2.08 bits per heavy atom. The summed E-state index contributed by atoms with van der Waals surface area (Å²) >= 11 is 0. The molecule has 13 heavy (non-hydrogen) atoms. The predicted octanol–water partition coefficient (Wildman–Crippen LogP) is 2.12. The van der Waals surface area contributed by atoms with Gasteiger partial charge in [-0.05, 0) is 27.7 Å². The molecule has 0 fully saturated rings. The molecule has 0 aromatic carbocycles. The van der Waals surface area contributed by atoms with E-state index in [0.717, 1.165) is 0 Å². The monoisotopic (exact) mass is 185 g/mol. The number of ether oxygens (including phenoxy) is 2. The van der Waals surface area contributed by atoms with Crippen LogP contribution < -0.4 is 0 Å². The Bertz CT molecular complexity index is 192. The van der Waals surface area contributed by atoms with E-state index in [0.29, 0.717) is 13.0 Å². The SMILES string of the molecule is COC(C)(C)COC(C)(C)CC#N. The van der Waals surface area contributed by atoms with Crippen LogP contribution in [0.15, 0.2) is 0 Å². The first kappa shape index (κ1) is 12.4. The highest BCUT2D eigenvalue weighted by molar-refractivity contribution is 4.84. The molecule has 0 aliphatic heterocycles. The maximum absolute atomic E-state index is 8.53. The molecule has 0 aliphatic rings. The highest BCUT2D eigenvalue weighted by Gasteiger charge is 2.24. The number of methoxy groups -OCH3 is 1. The van der Waals surface area contributed by atoms with Gasteiger partial charge in [-0.2, -0.15) is 5.26 Å². The third kappa shape index (κ3) is 5.62. The Labute approximate surface area is 80.6 Å². The number of nitrogens with zero attached hydrogens (tertiary/aromatic N) is 1. The van der Waals surface area contributed by atoms with Gasteiger partial charge in [-0.25, -0.2) is 0 Å². The topological polar surface area (TPSA) is 42.2 Å². The largest absolute Gasteiger partial charge is 0.376 e. The maximum atomic E-state index is 8.53. The first-order valence-corrected chi connectivity index (χ1v) is 4.39. The van der Waals surface area contributed by atoms with Crippen molar-refractivity contribution in [3.8, 4) is 6.07 Å². The fourth-order valence-corrected chi connectivity index (χ4v) is 0.670. The minimum Gasteiger partial charge on any atom is -0.376 e. The molecule has 0 saturated heterocycles. The van der Waals surface area contributed by atoms with Gasteiger partial charge in [0.2, 0.25) is 0 Å². The van der Waals surface area contributed by atoms with Crippen molar-refractivity contribution in [3.05, 3.63) is 0 Å². The fraction of sp³-hybridized carbons (Fsp3) is 0.900. The molecule has 0 amide bonds. The second-order valence-electron chi connectivity index (χ2n) is 4.35. The van der Waals surface area contributed by atoms with E-state index in [-0.39, 0.29) is 11.2 Å². The quantitative estimate of drug-likeness (QED) is 0.659. The van der Waals surface area contributed by atoms with E-state index in [1.54, 1.807) is 7.11 Å². The zero-order valence-electron chi connectivity index (χ0n) is 9.18. The van der Waals surface area contributed by atoms with Gasteiger partial charge in [-0.1, -0.05) is 0 Å². The minimum atomic E-state index is -0.384. The van der Waals surface area contributed by atoms with E-state index < -0.39 is 0 Å². The second kappa shape index (κ2) is 4.59. The van der Waals surface area contributed by atoms with Gasteiger partial charge in [0.25, 0.3) is 0 Å². The van der Waals surface area contributed by atoms with E-state index in [1.165, 1.54) is 0 Å². The summed E-state index contributed by atoms with van der Waals surface area (Å²) in [5.41, 5.74) is -0.669. The molecule has 0 unspecified atom stereocenters. The molecule has 0 atom stereocenters. The third-order valence-electron chi connectivity index (χ3n) is 1.87. The van der Waals surface area contributed by atoms with Gasteiger partial charge >= 0.3 is 0 Å². The van der Waals surface area contributed by atoms with E-state index in [2.05, 4.69) is 6.07 Å². The second-order valence-corrected chi connectivity index (χ2v) is 4.35. The van der Waals surface area contributed by atoms with Crippen molar-refractivity contribution < 1.29 is 9.47 Å². The van der Waals surface area contributed by atoms with E-state index in [9.17, 15) is 0 Å². The summed E-state index contributed by atoms with van der Waals surface area (Å²) in [5, 5.41) is 8.53. The number of hydrogen-bond acceptors (Lipinski definition) is 3. The van der Waals surface area contributed by atoms with Gasteiger partial charge in [-0.15, -0.1) is 0 Å². The van der Waals surface area contributed by atoms with Crippen molar-refractivity contribution >= 4 is 0 Å². The van der Waals surface area contributed by atoms with Gasteiger partial charge in [0, 0.05) is 7.11 Å². The standard InChI is InChI=1S/C10H19NO2/c1-9(2,6-7-11)13-8-10(3,4)12-5/h6,8H2,1-5H3. The van der Waals surface area contributed by atoms with Crippen LogP contribution in [0.25, 0.3) is 0 Å². The summed E-state index contributed by atoms with van der Waals surface area (Å²) in [6.45, 7) is 8.22. The summed E-state index contributed by atoms with van der Waals surface area (Å²) in [6.07, 6.45) is 0.396. The molecule has 0 spiro atoms. The molecule has 0 heterocycles. The van der Waals surface area contributed by atoms with Crippen LogP contribution >= 0.6 is 0 Å². The Morgan fingerprint density at radius 2 is 1.69 bits per heavy atom. The van der Waals surface area contributed by atoms with Crippen molar-refractivity contribution in [2.24, 2.45) is 0 Å². The molecular weight excluding hydrogens is 166 g/mol. The zero-order chi connectivity index (χ0) is 10.5. The van der Waals surface area contributed by atoms with Crippen LogP contribution in [0.1, 0.15) is 34.1 Å². The van der Waals surface area contributed by atoms with Crippen molar-refractivity contribution in [2.45, 2.75) is 45.3 Å². The first-order valence-electron chi connectivity index (χ1n) is 4.39. The van der Waals surface area contributed by atoms with Crippen molar-refractivity contribution in [1.82, 2.24) is 0 Å². The van der Waals surface area contributed by atoms with E-state index in [1.807, 2.05) is 27.7 Å². The summed E-state index contributed by atoms with van der Waals surface area (Å²) in [7, 11) is 1.65. The number of hydrogen-bond donors (Lipinski definition) is 0. The van der Waals surface area contributed by atoms with Gasteiger partial charge in [0.15, 0.2) is 0 Å². The molecule has 0 aromatic heterocycles. The van der Waals surface area contributed by atoms with E-state index >= 15 is 0 Å². The normalized spacial score (nSPS) is 12.6. The van der Waals surface area contributed by atoms with Gasteiger partial charge in [0.05, 0.1) is 30.3 Å². The summed E-state index contributed by atoms with van der Waals surface area (Å²) in [4.78, 5) is 0. The number of rotatable bonds is 5. The average molecular weight is 185 g/mol. The lowest BCUT2D eigenvalue weighted by atomic mass is 10.1. The number of nitriles is 1. The van der Waals surface area contributed by atoms with E-state index in [4.69, 9.17) is 14.7 Å². The lowest BCUT2D eigenvalue weighted by Gasteiger charge is -2.29. The molecule has 0 rings (SSSR count). The lowest BCUT2D eigenvalue weighted by molar-refractivity contribution is -0.104. The molecule has 0 aliphatic carbocycles. The molecule has 3 nitrogen and oxygen atoms in total. The molecule has 3 heteroatoms. The van der Waals surface area contributed by atoms with Crippen LogP contribution in [0.5, 0.6) is 0 Å². The smallest absolute Gasteiger partial charge is 0.0855 e. The van der Waals surface area contributed by atoms with Crippen LogP contribution in [-0.4, -0.2) is 24.9 Å². The molecule has 0 radical (unpaired) electrons. The van der Waals surface area contributed by atoms with Gasteiger partial charge in [0.1, 0.15) is 0 Å². The molecule has 0 bridgehead atoms. The minimum absolute atomic E-state index is 0.285. The molecule has 0 aromatic rings. The third-order valence-corrected chi connectivity index (χ3v) is 1.87. The lowest BCUT2D eigenvalue weighted by Crippen LogP contribution is -2.35. The van der Waals surface area contributed by atoms with Crippen LogP contribution in [0.3, 0.4) is 0 Å². The van der Waals surface area contributed by atoms with Crippen LogP contribution in [0, 0.1) is 11.3 Å². The molecular formula is C10H19NO2. The Hall–Kier alpha value is -0.590. The summed E-state index contributed by atoms with van der Waals surface area (Å²) in [6, 6.07) is 2.10. The fourth-order valence-electron chi connectivity index (χ4n) is 0.670. The van der Waals surface area contributed by atoms with Gasteiger partial charge in [-0.3, -0.25) is 0 Å². The Morgan fingerprint density at radius 1 is 1.15 bits per heavy atom. The molecule has 0 saturated carbocycles. The van der Waals surface area contributed by atoms with Crippen molar-refractivity contribution in [2.75, 3.05) is 13.7 Å². The Balaban J connectivity index is 3.95. The highest BCUT2D eigenvalue weighted by Crippen LogP contribution is 2.17. The Kier molecular flexibility index (Phi) is 4.38. The molecule has 0 N–H and O–H groups in total. The predicted molar refractivity (Wildman–Crippen MR) is 51.3 cm³/mol.